The number of benzene rings is 3. The van der Waals surface area contributed by atoms with Gasteiger partial charge in [0, 0.05) is 22.1 Å². The lowest BCUT2D eigenvalue weighted by atomic mass is 9.96. The second-order valence-electron chi connectivity index (χ2n) is 6.81. The molecule has 0 aromatic heterocycles. The predicted octanol–water partition coefficient (Wildman–Crippen LogP) is 6.20. The van der Waals surface area contributed by atoms with Gasteiger partial charge in [-0.3, -0.25) is 4.79 Å². The van der Waals surface area contributed by atoms with Gasteiger partial charge in [0.1, 0.15) is 0 Å². The zero-order chi connectivity index (χ0) is 20.8. The van der Waals surface area contributed by atoms with Crippen LogP contribution in [-0.4, -0.2) is 20.0 Å². The van der Waals surface area contributed by atoms with E-state index in [-0.39, 0.29) is 11.8 Å². The average molecular weight is 454 g/mol. The number of Topliss-reactive ketones (excluding diaryl/α,β-unsaturated/α-hetero) is 1. The number of halogens is 1. The van der Waals surface area contributed by atoms with Crippen LogP contribution in [0, 0.1) is 6.92 Å². The molecule has 3 aromatic carbocycles. The fourth-order valence-electron chi connectivity index (χ4n) is 3.11. The molecule has 5 heteroatoms. The lowest BCUT2D eigenvalue weighted by Crippen LogP contribution is -2.16. The first-order valence-corrected chi connectivity index (χ1v) is 10.1. The summed E-state index contributed by atoms with van der Waals surface area (Å²) >= 11 is 3.46. The van der Waals surface area contributed by atoms with E-state index in [0.29, 0.717) is 23.5 Å². The molecule has 3 rings (SSSR count). The summed E-state index contributed by atoms with van der Waals surface area (Å²) in [6.45, 7) is 2.05. The summed E-state index contributed by atoms with van der Waals surface area (Å²) in [4.78, 5) is 13.1. The van der Waals surface area contributed by atoms with Crippen LogP contribution in [0.3, 0.4) is 0 Å². The van der Waals surface area contributed by atoms with E-state index in [4.69, 9.17) is 9.47 Å². The van der Waals surface area contributed by atoms with Gasteiger partial charge in [0.2, 0.25) is 0 Å². The van der Waals surface area contributed by atoms with Gasteiger partial charge in [-0.2, -0.15) is 0 Å². The van der Waals surface area contributed by atoms with Gasteiger partial charge in [-0.05, 0) is 55.0 Å². The molecular formula is C24H24BrNO3. The van der Waals surface area contributed by atoms with Crippen molar-refractivity contribution in [3.05, 3.63) is 87.9 Å². The van der Waals surface area contributed by atoms with Crippen LogP contribution in [0.2, 0.25) is 0 Å². The second kappa shape index (κ2) is 9.61. The highest BCUT2D eigenvalue weighted by atomic mass is 79.9. The third-order valence-electron chi connectivity index (χ3n) is 4.76. The van der Waals surface area contributed by atoms with Crippen LogP contribution < -0.4 is 14.8 Å². The largest absolute Gasteiger partial charge is 0.493 e. The van der Waals surface area contributed by atoms with Gasteiger partial charge in [0.15, 0.2) is 17.3 Å². The Labute approximate surface area is 180 Å². The van der Waals surface area contributed by atoms with Crippen LogP contribution in [0.25, 0.3) is 0 Å². The highest BCUT2D eigenvalue weighted by Crippen LogP contribution is 2.30. The van der Waals surface area contributed by atoms with Crippen molar-refractivity contribution >= 4 is 27.4 Å². The highest BCUT2D eigenvalue weighted by Gasteiger charge is 2.19. The molecule has 1 atom stereocenters. The maximum absolute atomic E-state index is 13.1. The minimum Gasteiger partial charge on any atom is -0.493 e. The summed E-state index contributed by atoms with van der Waals surface area (Å²) in [5, 5.41) is 3.50. The Balaban J connectivity index is 1.86. The zero-order valence-electron chi connectivity index (χ0n) is 16.7. The van der Waals surface area contributed by atoms with E-state index >= 15 is 0 Å². The lowest BCUT2D eigenvalue weighted by molar-refractivity contribution is 0.0976. The molecule has 0 saturated carbocycles. The van der Waals surface area contributed by atoms with Gasteiger partial charge in [-0.15, -0.1) is 0 Å². The summed E-state index contributed by atoms with van der Waals surface area (Å²) in [5.74, 6) is 1.18. The second-order valence-corrected chi connectivity index (χ2v) is 7.73. The molecule has 0 aliphatic heterocycles. The van der Waals surface area contributed by atoms with Crippen LogP contribution in [-0.2, 0) is 0 Å². The molecule has 1 unspecified atom stereocenters. The topological polar surface area (TPSA) is 47.6 Å². The van der Waals surface area contributed by atoms with Gasteiger partial charge in [-0.1, -0.05) is 45.8 Å². The van der Waals surface area contributed by atoms with Gasteiger partial charge in [-0.25, -0.2) is 0 Å². The summed E-state index contributed by atoms with van der Waals surface area (Å²) < 4.78 is 11.6. The molecule has 0 spiro atoms. The van der Waals surface area contributed by atoms with E-state index in [0.717, 1.165) is 15.7 Å². The monoisotopic (exact) mass is 453 g/mol. The molecule has 150 valence electrons. The van der Waals surface area contributed by atoms with E-state index in [1.165, 1.54) is 5.56 Å². The predicted molar refractivity (Wildman–Crippen MR) is 120 cm³/mol. The fraction of sp³-hybridized carbons (Fsp3) is 0.208. The molecule has 1 N–H and O–H groups in total. The van der Waals surface area contributed by atoms with Gasteiger partial charge < -0.3 is 14.8 Å². The van der Waals surface area contributed by atoms with E-state index in [9.17, 15) is 4.79 Å². The van der Waals surface area contributed by atoms with Crippen molar-refractivity contribution in [3.8, 4) is 11.5 Å². The Bertz CT molecular complexity index is 968. The molecule has 4 nitrogen and oxygen atoms in total. The minimum absolute atomic E-state index is 0.0288. The first-order valence-electron chi connectivity index (χ1n) is 9.34. The number of ketones is 1. The molecular weight excluding hydrogens is 430 g/mol. The zero-order valence-corrected chi connectivity index (χ0v) is 18.3. The number of rotatable bonds is 8. The normalized spacial score (nSPS) is 11.6. The van der Waals surface area contributed by atoms with Crippen molar-refractivity contribution in [1.82, 2.24) is 0 Å². The average Bonchev–Trinajstić information content (AvgIpc) is 2.74. The van der Waals surface area contributed by atoms with Gasteiger partial charge in [0.05, 0.1) is 20.3 Å². The first kappa shape index (κ1) is 20.9. The van der Waals surface area contributed by atoms with Crippen LogP contribution in [0.1, 0.15) is 33.9 Å². The molecule has 0 amide bonds. The van der Waals surface area contributed by atoms with Crippen LogP contribution in [0.5, 0.6) is 11.5 Å². The number of hydrogen-bond acceptors (Lipinski definition) is 4. The van der Waals surface area contributed by atoms with Crippen LogP contribution >= 0.6 is 15.9 Å². The number of nitrogens with one attached hydrogen (secondary N) is 1. The summed E-state index contributed by atoms with van der Waals surface area (Å²) in [5.41, 5.74) is 3.80. The van der Waals surface area contributed by atoms with Crippen molar-refractivity contribution in [2.75, 3.05) is 19.5 Å². The van der Waals surface area contributed by atoms with Crippen LogP contribution in [0.15, 0.2) is 71.2 Å². The van der Waals surface area contributed by atoms with E-state index in [2.05, 4.69) is 52.4 Å². The van der Waals surface area contributed by atoms with E-state index < -0.39 is 0 Å². The maximum atomic E-state index is 13.1. The number of carbonyl (C=O) groups excluding carboxylic acids is 1. The standard InChI is InChI=1S/C24H24BrNO3/c1-16-4-6-17(7-5-16)21(26-20-11-9-19(25)10-12-20)15-22(27)18-8-13-23(28-2)24(14-18)29-3/h4-14,21,26H,15H2,1-3H3. The van der Waals surface area contributed by atoms with Crippen molar-refractivity contribution in [2.45, 2.75) is 19.4 Å². The van der Waals surface area contributed by atoms with Crippen LogP contribution in [0.4, 0.5) is 5.69 Å². The molecule has 0 aliphatic rings. The molecule has 0 saturated heterocycles. The molecule has 29 heavy (non-hydrogen) atoms. The first-order chi connectivity index (χ1) is 14.0. The maximum Gasteiger partial charge on any atom is 0.165 e. The Kier molecular flexibility index (Phi) is 6.94. The Morgan fingerprint density at radius 1 is 0.931 bits per heavy atom. The number of ether oxygens (including phenoxy) is 2. The summed E-state index contributed by atoms with van der Waals surface area (Å²) in [6, 6.07) is 21.3. The van der Waals surface area contributed by atoms with E-state index in [1.54, 1.807) is 32.4 Å². The molecule has 3 aromatic rings. The van der Waals surface area contributed by atoms with Crippen molar-refractivity contribution in [1.29, 1.82) is 0 Å². The molecule has 0 heterocycles. The highest BCUT2D eigenvalue weighted by molar-refractivity contribution is 9.10. The Morgan fingerprint density at radius 2 is 1.59 bits per heavy atom. The quantitative estimate of drug-likeness (QED) is 0.412. The summed E-state index contributed by atoms with van der Waals surface area (Å²) in [7, 11) is 3.14. The van der Waals surface area contributed by atoms with E-state index in [1.807, 2.05) is 24.3 Å². The third kappa shape index (κ3) is 5.39. The third-order valence-corrected chi connectivity index (χ3v) is 5.29. The van der Waals surface area contributed by atoms with Crippen molar-refractivity contribution < 1.29 is 14.3 Å². The smallest absolute Gasteiger partial charge is 0.165 e. The number of anilines is 1. The minimum atomic E-state index is -0.155. The van der Waals surface area contributed by atoms with Crippen molar-refractivity contribution in [3.63, 3.8) is 0 Å². The number of carbonyl (C=O) groups is 1. The number of aryl methyl sites for hydroxylation is 1. The molecule has 0 radical (unpaired) electrons. The van der Waals surface area contributed by atoms with Gasteiger partial charge >= 0.3 is 0 Å². The van der Waals surface area contributed by atoms with Gasteiger partial charge in [0.25, 0.3) is 0 Å². The molecule has 0 bridgehead atoms. The SMILES string of the molecule is COc1ccc(C(=O)CC(Nc2ccc(Br)cc2)c2ccc(C)cc2)cc1OC. The number of hydrogen-bond donors (Lipinski definition) is 1. The summed E-state index contributed by atoms with van der Waals surface area (Å²) in [6.07, 6.45) is 0.314. The molecule has 0 fully saturated rings. The Morgan fingerprint density at radius 3 is 2.21 bits per heavy atom. The lowest BCUT2D eigenvalue weighted by Gasteiger charge is -2.21. The molecule has 0 aliphatic carbocycles. The Hall–Kier alpha value is -2.79. The fourth-order valence-corrected chi connectivity index (χ4v) is 3.38. The number of methoxy groups -OCH3 is 2. The van der Waals surface area contributed by atoms with Crippen molar-refractivity contribution in [2.24, 2.45) is 0 Å².